The molecule has 0 saturated heterocycles. The summed E-state index contributed by atoms with van der Waals surface area (Å²) in [5.41, 5.74) is 1.49. The first kappa shape index (κ1) is 22.8. The molecule has 8 heteroatoms. The van der Waals surface area contributed by atoms with Crippen molar-refractivity contribution in [2.45, 2.75) is 63.7 Å². The zero-order valence-electron chi connectivity index (χ0n) is 19.9. The molecule has 1 aromatic carbocycles. The van der Waals surface area contributed by atoms with Gasteiger partial charge >= 0.3 is 0 Å². The molecule has 1 N–H and O–H groups in total. The van der Waals surface area contributed by atoms with Gasteiger partial charge in [0.1, 0.15) is 11.2 Å². The molecule has 1 aliphatic carbocycles. The minimum Gasteiger partial charge on any atom is -0.493 e. The lowest BCUT2D eigenvalue weighted by Gasteiger charge is -2.45. The summed E-state index contributed by atoms with van der Waals surface area (Å²) in [7, 11) is 3.19. The van der Waals surface area contributed by atoms with Crippen LogP contribution in [0.25, 0.3) is 10.2 Å². The quantitative estimate of drug-likeness (QED) is 0.559. The highest BCUT2D eigenvalue weighted by Crippen LogP contribution is 2.36. The zero-order chi connectivity index (χ0) is 23.9. The van der Waals surface area contributed by atoms with Gasteiger partial charge in [-0.1, -0.05) is 25.3 Å². The van der Waals surface area contributed by atoms with E-state index >= 15 is 0 Å². The molecule has 2 aliphatic rings. The monoisotopic (exact) mass is 481 g/mol. The smallest absolute Gasteiger partial charge is 0.271 e. The van der Waals surface area contributed by atoms with E-state index in [0.29, 0.717) is 30.3 Å². The number of rotatable bonds is 6. The summed E-state index contributed by atoms with van der Waals surface area (Å²) in [4.78, 5) is 29.4. The molecule has 1 fully saturated rings. The Morgan fingerprint density at radius 3 is 2.62 bits per heavy atom. The minimum absolute atomic E-state index is 0.0871. The minimum atomic E-state index is -1.03. The van der Waals surface area contributed by atoms with Crippen molar-refractivity contribution in [1.29, 1.82) is 0 Å². The Labute approximate surface area is 203 Å². The standard InChI is InChI=1S/C26H31N3O4S/c1-26(25(31)27-18-7-5-4-6-8-18)16-28-19-11-12-34-23(19)14-20(28)24(30)29(26)15-17-9-10-21(32-2)22(13-17)33-3/h9-14,18H,4-8,15-16H2,1-3H3,(H,27,31)/t26-/m0/s1. The largest absolute Gasteiger partial charge is 0.493 e. The topological polar surface area (TPSA) is 72.8 Å². The van der Waals surface area contributed by atoms with Crippen LogP contribution in [0.3, 0.4) is 0 Å². The molecule has 0 spiro atoms. The number of fused-ring (bicyclic) bond motifs is 3. The van der Waals surface area contributed by atoms with Crippen molar-refractivity contribution >= 4 is 33.4 Å². The van der Waals surface area contributed by atoms with Crippen LogP contribution < -0.4 is 14.8 Å². The molecule has 1 saturated carbocycles. The number of nitrogens with zero attached hydrogens (tertiary/aromatic N) is 2. The molecule has 5 rings (SSSR count). The van der Waals surface area contributed by atoms with Gasteiger partial charge in [-0.3, -0.25) is 9.59 Å². The Balaban J connectivity index is 1.52. The normalized spacial score (nSPS) is 20.9. The number of hydrogen-bond donors (Lipinski definition) is 1. The average Bonchev–Trinajstić information content (AvgIpc) is 3.44. The summed E-state index contributed by atoms with van der Waals surface area (Å²) < 4.78 is 13.9. The first-order valence-corrected chi connectivity index (χ1v) is 12.7. The Hall–Kier alpha value is -3.00. The van der Waals surface area contributed by atoms with E-state index in [0.717, 1.165) is 41.5 Å². The van der Waals surface area contributed by atoms with Gasteiger partial charge in [0.25, 0.3) is 5.91 Å². The van der Waals surface area contributed by atoms with Crippen molar-refractivity contribution in [3.8, 4) is 11.5 Å². The van der Waals surface area contributed by atoms with E-state index in [2.05, 4.69) is 5.32 Å². The third-order valence-corrected chi connectivity index (χ3v) is 8.12. The lowest BCUT2D eigenvalue weighted by molar-refractivity contribution is -0.134. The highest BCUT2D eigenvalue weighted by Gasteiger charge is 2.48. The molecule has 7 nitrogen and oxygen atoms in total. The van der Waals surface area contributed by atoms with Crippen molar-refractivity contribution in [3.63, 3.8) is 0 Å². The molecule has 2 amide bonds. The Morgan fingerprint density at radius 2 is 1.88 bits per heavy atom. The van der Waals surface area contributed by atoms with Crippen LogP contribution in [0.15, 0.2) is 35.7 Å². The molecular formula is C26H31N3O4S. The summed E-state index contributed by atoms with van der Waals surface area (Å²) in [6, 6.07) is 9.77. The third-order valence-electron chi connectivity index (χ3n) is 7.27. The average molecular weight is 482 g/mol. The van der Waals surface area contributed by atoms with E-state index in [9.17, 15) is 9.59 Å². The van der Waals surface area contributed by atoms with Crippen molar-refractivity contribution in [3.05, 3.63) is 47.0 Å². The second kappa shape index (κ2) is 8.98. The first-order valence-electron chi connectivity index (χ1n) is 11.8. The van der Waals surface area contributed by atoms with Crippen LogP contribution in [-0.4, -0.2) is 47.1 Å². The summed E-state index contributed by atoms with van der Waals surface area (Å²) in [5, 5.41) is 5.31. The molecule has 1 aliphatic heterocycles. The highest BCUT2D eigenvalue weighted by molar-refractivity contribution is 7.17. The first-order chi connectivity index (χ1) is 16.4. The van der Waals surface area contributed by atoms with Gasteiger partial charge in [0.05, 0.1) is 31.0 Å². The number of benzene rings is 1. The molecule has 2 aromatic heterocycles. The number of carbonyl (C=O) groups excluding carboxylic acids is 2. The summed E-state index contributed by atoms with van der Waals surface area (Å²) in [6.45, 7) is 2.61. The second-order valence-electron chi connectivity index (χ2n) is 9.45. The number of ether oxygens (including phenoxy) is 2. The van der Waals surface area contributed by atoms with Gasteiger partial charge in [0.15, 0.2) is 11.5 Å². The maximum atomic E-state index is 13.9. The summed E-state index contributed by atoms with van der Waals surface area (Å²) in [5.74, 6) is 1.01. The Kier molecular flexibility index (Phi) is 6.02. The fraction of sp³-hybridized carbons (Fsp3) is 0.462. The van der Waals surface area contributed by atoms with Gasteiger partial charge in [0.2, 0.25) is 5.91 Å². The molecule has 3 aromatic rings. The van der Waals surface area contributed by atoms with E-state index in [-0.39, 0.29) is 17.9 Å². The molecule has 180 valence electrons. The SMILES string of the molecule is COc1ccc(CN2C(=O)c3cc4sccc4n3C[C@@]2(C)C(=O)NC2CCCCC2)cc1OC. The lowest BCUT2D eigenvalue weighted by Crippen LogP contribution is -2.64. The third kappa shape index (κ3) is 3.83. The van der Waals surface area contributed by atoms with E-state index < -0.39 is 5.54 Å². The van der Waals surface area contributed by atoms with Crippen LogP contribution in [0, 0.1) is 0 Å². The number of hydrogen-bond acceptors (Lipinski definition) is 5. The van der Waals surface area contributed by atoms with Crippen molar-refractivity contribution in [2.75, 3.05) is 14.2 Å². The fourth-order valence-corrected chi connectivity index (χ4v) is 6.09. The van der Waals surface area contributed by atoms with E-state index in [4.69, 9.17) is 9.47 Å². The number of thiophene rings is 1. The van der Waals surface area contributed by atoms with Crippen LogP contribution in [0.1, 0.15) is 55.1 Å². The molecule has 3 heterocycles. The maximum Gasteiger partial charge on any atom is 0.271 e. The van der Waals surface area contributed by atoms with Crippen LogP contribution in [-0.2, 0) is 17.9 Å². The Bertz CT molecular complexity index is 1230. The van der Waals surface area contributed by atoms with Crippen molar-refractivity contribution in [1.82, 2.24) is 14.8 Å². The number of carbonyl (C=O) groups is 2. The Morgan fingerprint density at radius 1 is 1.12 bits per heavy atom. The molecule has 34 heavy (non-hydrogen) atoms. The van der Waals surface area contributed by atoms with Crippen LogP contribution in [0.5, 0.6) is 11.5 Å². The van der Waals surface area contributed by atoms with Crippen LogP contribution >= 0.6 is 11.3 Å². The second-order valence-corrected chi connectivity index (χ2v) is 10.4. The van der Waals surface area contributed by atoms with Gasteiger partial charge in [-0.05, 0) is 55.0 Å². The van der Waals surface area contributed by atoms with Gasteiger partial charge in [0, 0.05) is 12.6 Å². The zero-order valence-corrected chi connectivity index (χ0v) is 20.7. The van der Waals surface area contributed by atoms with Crippen molar-refractivity contribution < 1.29 is 19.1 Å². The fourth-order valence-electron chi connectivity index (χ4n) is 5.27. The van der Waals surface area contributed by atoms with E-state index in [1.54, 1.807) is 30.5 Å². The maximum absolute atomic E-state index is 13.9. The predicted octanol–water partition coefficient (Wildman–Crippen LogP) is 4.58. The highest BCUT2D eigenvalue weighted by atomic mass is 32.1. The molecule has 0 radical (unpaired) electrons. The van der Waals surface area contributed by atoms with Gasteiger partial charge in [-0.2, -0.15) is 0 Å². The lowest BCUT2D eigenvalue weighted by atomic mass is 9.91. The van der Waals surface area contributed by atoms with Gasteiger partial charge in [-0.15, -0.1) is 11.3 Å². The van der Waals surface area contributed by atoms with Gasteiger partial charge < -0.3 is 24.3 Å². The van der Waals surface area contributed by atoms with Crippen molar-refractivity contribution in [2.24, 2.45) is 0 Å². The van der Waals surface area contributed by atoms with E-state index in [1.807, 2.05) is 47.2 Å². The number of aromatic nitrogens is 1. The number of nitrogens with one attached hydrogen (secondary N) is 1. The number of methoxy groups -OCH3 is 2. The molecule has 0 unspecified atom stereocenters. The number of amides is 2. The molecular weight excluding hydrogens is 450 g/mol. The summed E-state index contributed by atoms with van der Waals surface area (Å²) >= 11 is 1.61. The van der Waals surface area contributed by atoms with Gasteiger partial charge in [-0.25, -0.2) is 0 Å². The van der Waals surface area contributed by atoms with Crippen LogP contribution in [0.2, 0.25) is 0 Å². The molecule has 1 atom stereocenters. The van der Waals surface area contributed by atoms with Crippen LogP contribution in [0.4, 0.5) is 0 Å². The summed E-state index contributed by atoms with van der Waals surface area (Å²) in [6.07, 6.45) is 5.47. The van der Waals surface area contributed by atoms with E-state index in [1.165, 1.54) is 6.42 Å². The molecule has 0 bridgehead atoms. The predicted molar refractivity (Wildman–Crippen MR) is 133 cm³/mol.